The van der Waals surface area contributed by atoms with E-state index in [1.54, 1.807) is 0 Å². The standard InChI is InChI=1S/C9H20N2/c1-9(2)6-4-8(5-7-9)11-10-3/h8,10-11H,4-7H2,1-3H3. The van der Waals surface area contributed by atoms with Gasteiger partial charge in [-0.15, -0.1) is 0 Å². The third-order valence-corrected chi connectivity index (χ3v) is 2.69. The van der Waals surface area contributed by atoms with Crippen molar-refractivity contribution in [3.05, 3.63) is 0 Å². The molecule has 66 valence electrons. The lowest BCUT2D eigenvalue weighted by Gasteiger charge is -2.34. The van der Waals surface area contributed by atoms with Crippen molar-refractivity contribution in [2.45, 2.75) is 45.6 Å². The predicted molar refractivity (Wildman–Crippen MR) is 48.2 cm³/mol. The average molecular weight is 156 g/mol. The van der Waals surface area contributed by atoms with Gasteiger partial charge in [-0.2, -0.15) is 0 Å². The maximum Gasteiger partial charge on any atom is 0.0213 e. The van der Waals surface area contributed by atoms with Gasteiger partial charge in [-0.25, -0.2) is 0 Å². The fraction of sp³-hybridized carbons (Fsp3) is 1.00. The van der Waals surface area contributed by atoms with Gasteiger partial charge in [0.05, 0.1) is 0 Å². The van der Waals surface area contributed by atoms with Crippen molar-refractivity contribution in [1.29, 1.82) is 0 Å². The molecule has 0 bridgehead atoms. The summed E-state index contributed by atoms with van der Waals surface area (Å²) >= 11 is 0. The van der Waals surface area contributed by atoms with Crippen molar-refractivity contribution in [3.8, 4) is 0 Å². The van der Waals surface area contributed by atoms with Gasteiger partial charge >= 0.3 is 0 Å². The van der Waals surface area contributed by atoms with Gasteiger partial charge in [-0.3, -0.25) is 10.9 Å². The first-order valence-corrected chi connectivity index (χ1v) is 4.56. The lowest BCUT2D eigenvalue weighted by atomic mass is 9.76. The third-order valence-electron chi connectivity index (χ3n) is 2.69. The van der Waals surface area contributed by atoms with E-state index in [1.807, 2.05) is 7.05 Å². The minimum Gasteiger partial charge on any atom is -0.261 e. The molecule has 0 spiro atoms. The van der Waals surface area contributed by atoms with E-state index in [2.05, 4.69) is 24.7 Å². The van der Waals surface area contributed by atoms with Gasteiger partial charge in [0.15, 0.2) is 0 Å². The fourth-order valence-electron chi connectivity index (χ4n) is 1.75. The lowest BCUT2D eigenvalue weighted by Crippen LogP contribution is -2.41. The molecule has 11 heavy (non-hydrogen) atoms. The number of hydrogen-bond acceptors (Lipinski definition) is 2. The van der Waals surface area contributed by atoms with Crippen LogP contribution < -0.4 is 10.9 Å². The molecule has 1 fully saturated rings. The number of hydrazine groups is 1. The predicted octanol–water partition coefficient (Wildman–Crippen LogP) is 1.68. The molecular weight excluding hydrogens is 136 g/mol. The molecule has 2 N–H and O–H groups in total. The second-order valence-corrected chi connectivity index (χ2v) is 4.33. The van der Waals surface area contributed by atoms with E-state index in [1.165, 1.54) is 25.7 Å². The molecule has 0 aromatic rings. The Bertz CT molecular complexity index is 111. The molecule has 2 heteroatoms. The van der Waals surface area contributed by atoms with Crippen LogP contribution in [0, 0.1) is 5.41 Å². The molecule has 0 atom stereocenters. The van der Waals surface area contributed by atoms with Crippen molar-refractivity contribution in [3.63, 3.8) is 0 Å². The number of rotatable bonds is 2. The highest BCUT2D eigenvalue weighted by molar-refractivity contribution is 4.80. The Kier molecular flexibility index (Phi) is 2.90. The molecule has 1 aliphatic carbocycles. The topological polar surface area (TPSA) is 24.1 Å². The molecular formula is C9H20N2. The van der Waals surface area contributed by atoms with Gasteiger partial charge < -0.3 is 0 Å². The van der Waals surface area contributed by atoms with Crippen LogP contribution in [0.15, 0.2) is 0 Å². The van der Waals surface area contributed by atoms with Crippen molar-refractivity contribution in [2.24, 2.45) is 5.41 Å². The highest BCUT2D eigenvalue weighted by atomic mass is 15.3. The van der Waals surface area contributed by atoms with Crippen LogP contribution in [0.2, 0.25) is 0 Å². The minimum atomic E-state index is 0.589. The Morgan fingerprint density at radius 2 is 1.73 bits per heavy atom. The second-order valence-electron chi connectivity index (χ2n) is 4.33. The van der Waals surface area contributed by atoms with E-state index >= 15 is 0 Å². The molecule has 0 aromatic heterocycles. The molecule has 0 heterocycles. The van der Waals surface area contributed by atoms with Crippen LogP contribution in [0.5, 0.6) is 0 Å². The zero-order valence-electron chi connectivity index (χ0n) is 7.91. The summed E-state index contributed by atoms with van der Waals surface area (Å²) in [5.41, 5.74) is 6.88. The summed E-state index contributed by atoms with van der Waals surface area (Å²) in [7, 11) is 1.94. The summed E-state index contributed by atoms with van der Waals surface area (Å²) < 4.78 is 0. The number of nitrogens with one attached hydrogen (secondary N) is 2. The van der Waals surface area contributed by atoms with E-state index in [-0.39, 0.29) is 0 Å². The molecule has 0 amide bonds. The van der Waals surface area contributed by atoms with Crippen LogP contribution >= 0.6 is 0 Å². The smallest absolute Gasteiger partial charge is 0.0213 e. The van der Waals surface area contributed by atoms with Crippen LogP contribution in [0.25, 0.3) is 0 Å². The summed E-state index contributed by atoms with van der Waals surface area (Å²) in [4.78, 5) is 0. The molecule has 0 saturated heterocycles. The molecule has 0 unspecified atom stereocenters. The Morgan fingerprint density at radius 1 is 1.18 bits per heavy atom. The summed E-state index contributed by atoms with van der Waals surface area (Å²) in [5.74, 6) is 0. The van der Waals surface area contributed by atoms with Gasteiger partial charge in [-0.1, -0.05) is 13.8 Å². The molecule has 1 saturated carbocycles. The highest BCUT2D eigenvalue weighted by Crippen LogP contribution is 2.34. The van der Waals surface area contributed by atoms with E-state index in [4.69, 9.17) is 0 Å². The van der Waals surface area contributed by atoms with E-state index < -0.39 is 0 Å². The van der Waals surface area contributed by atoms with Crippen molar-refractivity contribution in [1.82, 2.24) is 10.9 Å². The summed E-state index contributed by atoms with van der Waals surface area (Å²) in [6, 6.07) is 0.702. The lowest BCUT2D eigenvalue weighted by molar-refractivity contribution is 0.199. The second kappa shape index (κ2) is 3.55. The highest BCUT2D eigenvalue weighted by Gasteiger charge is 2.25. The summed E-state index contributed by atoms with van der Waals surface area (Å²) in [6.45, 7) is 4.73. The number of hydrogen-bond donors (Lipinski definition) is 2. The van der Waals surface area contributed by atoms with Crippen molar-refractivity contribution < 1.29 is 0 Å². The summed E-state index contributed by atoms with van der Waals surface area (Å²) in [6.07, 6.45) is 5.33. The van der Waals surface area contributed by atoms with Crippen molar-refractivity contribution in [2.75, 3.05) is 7.05 Å². The van der Waals surface area contributed by atoms with Gasteiger partial charge in [0.25, 0.3) is 0 Å². The molecule has 2 nitrogen and oxygen atoms in total. The van der Waals surface area contributed by atoms with Crippen LogP contribution in [-0.4, -0.2) is 13.1 Å². The minimum absolute atomic E-state index is 0.589. The van der Waals surface area contributed by atoms with Gasteiger partial charge in [-0.05, 0) is 38.1 Å². The maximum absolute atomic E-state index is 3.27. The molecule has 1 aliphatic rings. The van der Waals surface area contributed by atoms with E-state index in [0.29, 0.717) is 11.5 Å². The monoisotopic (exact) mass is 156 g/mol. The Morgan fingerprint density at radius 3 is 2.18 bits per heavy atom. The Labute approximate surface area is 69.7 Å². The van der Waals surface area contributed by atoms with E-state index in [0.717, 1.165) is 0 Å². The van der Waals surface area contributed by atoms with E-state index in [9.17, 15) is 0 Å². The van der Waals surface area contributed by atoms with Gasteiger partial charge in [0.2, 0.25) is 0 Å². The Hall–Kier alpha value is -0.0800. The van der Waals surface area contributed by atoms with Crippen LogP contribution in [-0.2, 0) is 0 Å². The Balaban J connectivity index is 2.25. The molecule has 1 rings (SSSR count). The SMILES string of the molecule is CNNC1CCC(C)(C)CC1. The van der Waals surface area contributed by atoms with Gasteiger partial charge in [0, 0.05) is 6.04 Å². The molecule has 0 aromatic carbocycles. The maximum atomic E-state index is 3.27. The quantitative estimate of drug-likeness (QED) is 0.594. The first-order valence-electron chi connectivity index (χ1n) is 4.56. The third kappa shape index (κ3) is 2.80. The van der Waals surface area contributed by atoms with Crippen LogP contribution in [0.4, 0.5) is 0 Å². The first-order chi connectivity index (χ1) is 5.14. The average Bonchev–Trinajstić information content (AvgIpc) is 1.94. The summed E-state index contributed by atoms with van der Waals surface area (Å²) in [5, 5.41) is 0. The first kappa shape index (κ1) is 9.01. The van der Waals surface area contributed by atoms with Gasteiger partial charge in [0.1, 0.15) is 0 Å². The zero-order chi connectivity index (χ0) is 8.32. The van der Waals surface area contributed by atoms with Crippen molar-refractivity contribution >= 4 is 0 Å². The van der Waals surface area contributed by atoms with Crippen LogP contribution in [0.1, 0.15) is 39.5 Å². The normalized spacial score (nSPS) is 25.4. The van der Waals surface area contributed by atoms with Crippen LogP contribution in [0.3, 0.4) is 0 Å². The zero-order valence-corrected chi connectivity index (χ0v) is 7.91. The molecule has 0 aliphatic heterocycles. The molecule has 0 radical (unpaired) electrons. The fourth-order valence-corrected chi connectivity index (χ4v) is 1.75. The largest absolute Gasteiger partial charge is 0.261 e.